The first-order valence-electron chi connectivity index (χ1n) is 5.71. The van der Waals surface area contributed by atoms with Crippen LogP contribution < -0.4 is 0 Å². The Morgan fingerprint density at radius 2 is 2.15 bits per heavy atom. The van der Waals surface area contributed by atoms with Crippen LogP contribution in [0.5, 0.6) is 0 Å². The van der Waals surface area contributed by atoms with E-state index in [2.05, 4.69) is 9.98 Å². The van der Waals surface area contributed by atoms with E-state index in [1.54, 1.807) is 24.6 Å². The van der Waals surface area contributed by atoms with Gasteiger partial charge in [-0.05, 0) is 30.3 Å². The van der Waals surface area contributed by atoms with Crippen molar-refractivity contribution < 1.29 is 4.42 Å². The Hall–Kier alpha value is -1.62. The van der Waals surface area contributed by atoms with E-state index in [-0.39, 0.29) is 0 Å². The fourth-order valence-corrected chi connectivity index (χ4v) is 2.79. The summed E-state index contributed by atoms with van der Waals surface area (Å²) in [5.41, 5.74) is 1.62. The van der Waals surface area contributed by atoms with Gasteiger partial charge in [-0.15, -0.1) is 11.3 Å². The zero-order valence-corrected chi connectivity index (χ0v) is 12.4. The number of hydrogen-bond acceptors (Lipinski definition) is 4. The molecule has 0 atom stereocenters. The summed E-state index contributed by atoms with van der Waals surface area (Å²) in [6, 6.07) is 8.97. The molecule has 0 aliphatic rings. The van der Waals surface area contributed by atoms with Crippen molar-refractivity contribution in [3.8, 4) is 11.3 Å². The highest BCUT2D eigenvalue weighted by Gasteiger charge is 2.08. The van der Waals surface area contributed by atoms with Crippen LogP contribution in [0.15, 0.2) is 51.4 Å². The second kappa shape index (κ2) is 5.79. The molecule has 0 amide bonds. The molecule has 100 valence electrons. The first-order chi connectivity index (χ1) is 9.72. The summed E-state index contributed by atoms with van der Waals surface area (Å²) in [6.07, 6.45) is 3.23. The van der Waals surface area contributed by atoms with Gasteiger partial charge in [-0.25, -0.2) is 9.98 Å². The number of aromatic nitrogens is 1. The van der Waals surface area contributed by atoms with Gasteiger partial charge in [-0.1, -0.05) is 23.2 Å². The average molecular weight is 323 g/mol. The molecule has 0 aliphatic heterocycles. The van der Waals surface area contributed by atoms with E-state index in [1.807, 2.05) is 23.6 Å². The zero-order valence-electron chi connectivity index (χ0n) is 10.1. The number of benzene rings is 1. The van der Waals surface area contributed by atoms with Crippen molar-refractivity contribution in [1.29, 1.82) is 0 Å². The Labute approximate surface area is 129 Å². The molecule has 3 aromatic rings. The summed E-state index contributed by atoms with van der Waals surface area (Å²) in [7, 11) is 0. The highest BCUT2D eigenvalue weighted by molar-refractivity contribution is 7.13. The van der Waals surface area contributed by atoms with Crippen LogP contribution in [0.25, 0.3) is 11.3 Å². The lowest BCUT2D eigenvalue weighted by Gasteiger charge is -2.00. The van der Waals surface area contributed by atoms with Crippen molar-refractivity contribution in [1.82, 2.24) is 4.98 Å². The Kier molecular flexibility index (Phi) is 3.87. The SMILES string of the molecule is Clc1ccc(-c2csc(/N=C/c3ccco3)n2)c(Cl)c1. The molecular formula is C14H8Cl2N2OS. The van der Waals surface area contributed by atoms with Crippen molar-refractivity contribution in [3.63, 3.8) is 0 Å². The largest absolute Gasteiger partial charge is 0.463 e. The molecule has 0 bridgehead atoms. The van der Waals surface area contributed by atoms with E-state index in [4.69, 9.17) is 27.6 Å². The number of rotatable bonds is 3. The minimum atomic E-state index is 0.573. The number of aliphatic imine (C=N–C) groups is 1. The summed E-state index contributed by atoms with van der Waals surface area (Å²) in [5, 5.41) is 3.72. The van der Waals surface area contributed by atoms with Gasteiger partial charge in [0.2, 0.25) is 5.13 Å². The lowest BCUT2D eigenvalue weighted by molar-refractivity contribution is 0.560. The molecule has 0 unspecified atom stereocenters. The second-order valence-electron chi connectivity index (χ2n) is 3.91. The maximum atomic E-state index is 6.16. The molecule has 0 spiro atoms. The summed E-state index contributed by atoms with van der Waals surface area (Å²) >= 11 is 13.5. The van der Waals surface area contributed by atoms with Crippen LogP contribution in [-0.4, -0.2) is 11.2 Å². The van der Waals surface area contributed by atoms with Crippen molar-refractivity contribution in [2.75, 3.05) is 0 Å². The van der Waals surface area contributed by atoms with Gasteiger partial charge in [0.05, 0.1) is 23.2 Å². The number of hydrogen-bond donors (Lipinski definition) is 0. The molecule has 0 N–H and O–H groups in total. The smallest absolute Gasteiger partial charge is 0.209 e. The fraction of sp³-hybridized carbons (Fsp3) is 0. The monoisotopic (exact) mass is 322 g/mol. The maximum Gasteiger partial charge on any atom is 0.209 e. The number of nitrogens with zero attached hydrogens (tertiary/aromatic N) is 2. The molecule has 0 radical (unpaired) electrons. The van der Waals surface area contributed by atoms with Gasteiger partial charge in [0, 0.05) is 16.0 Å². The van der Waals surface area contributed by atoms with Gasteiger partial charge < -0.3 is 4.42 Å². The van der Waals surface area contributed by atoms with Gasteiger partial charge >= 0.3 is 0 Å². The quantitative estimate of drug-likeness (QED) is 0.600. The lowest BCUT2D eigenvalue weighted by Crippen LogP contribution is -1.79. The molecule has 0 saturated heterocycles. The van der Waals surface area contributed by atoms with Crippen LogP contribution in [0.2, 0.25) is 10.0 Å². The van der Waals surface area contributed by atoms with E-state index in [0.717, 1.165) is 11.3 Å². The second-order valence-corrected chi connectivity index (χ2v) is 5.59. The Morgan fingerprint density at radius 1 is 1.25 bits per heavy atom. The minimum Gasteiger partial charge on any atom is -0.463 e. The standard InChI is InChI=1S/C14H8Cl2N2OS/c15-9-3-4-11(12(16)6-9)13-8-20-14(18-13)17-7-10-2-1-5-19-10/h1-8H/b17-7+. The average Bonchev–Trinajstić information content (AvgIpc) is 3.07. The third-order valence-corrected chi connectivity index (χ3v) is 3.84. The van der Waals surface area contributed by atoms with E-state index in [1.165, 1.54) is 11.3 Å². The summed E-state index contributed by atoms with van der Waals surface area (Å²) in [5.74, 6) is 0.686. The van der Waals surface area contributed by atoms with E-state index in [0.29, 0.717) is 20.9 Å². The van der Waals surface area contributed by atoms with Crippen LogP contribution >= 0.6 is 34.5 Å². The summed E-state index contributed by atoms with van der Waals surface area (Å²) < 4.78 is 5.17. The van der Waals surface area contributed by atoms with Crippen LogP contribution in [-0.2, 0) is 0 Å². The summed E-state index contributed by atoms with van der Waals surface area (Å²) in [6.45, 7) is 0. The zero-order chi connectivity index (χ0) is 13.9. The third kappa shape index (κ3) is 2.93. The number of furan rings is 1. The fourth-order valence-electron chi connectivity index (χ4n) is 1.63. The summed E-state index contributed by atoms with van der Waals surface area (Å²) in [4.78, 5) is 8.68. The molecule has 6 heteroatoms. The predicted octanol–water partition coefficient (Wildman–Crippen LogP) is 5.46. The molecule has 0 saturated carbocycles. The highest BCUT2D eigenvalue weighted by Crippen LogP contribution is 2.33. The van der Waals surface area contributed by atoms with Gasteiger partial charge in [-0.2, -0.15) is 0 Å². The molecule has 20 heavy (non-hydrogen) atoms. The van der Waals surface area contributed by atoms with E-state index >= 15 is 0 Å². The molecular weight excluding hydrogens is 315 g/mol. The van der Waals surface area contributed by atoms with Gasteiger partial charge in [-0.3, -0.25) is 0 Å². The van der Waals surface area contributed by atoms with Crippen molar-refractivity contribution in [2.24, 2.45) is 4.99 Å². The molecule has 3 rings (SSSR count). The molecule has 0 fully saturated rings. The van der Waals surface area contributed by atoms with Crippen molar-refractivity contribution >= 4 is 45.9 Å². The van der Waals surface area contributed by atoms with E-state index in [9.17, 15) is 0 Å². The normalized spacial score (nSPS) is 11.3. The third-order valence-electron chi connectivity index (χ3n) is 2.54. The Bertz CT molecular complexity index is 750. The lowest BCUT2D eigenvalue weighted by atomic mass is 10.2. The highest BCUT2D eigenvalue weighted by atomic mass is 35.5. The predicted molar refractivity (Wildman–Crippen MR) is 83.5 cm³/mol. The molecule has 3 nitrogen and oxygen atoms in total. The molecule has 1 aromatic carbocycles. The number of halogens is 2. The molecule has 2 aromatic heterocycles. The van der Waals surface area contributed by atoms with Gasteiger partial charge in [0.25, 0.3) is 0 Å². The van der Waals surface area contributed by atoms with Crippen molar-refractivity contribution in [3.05, 3.63) is 57.8 Å². The number of thiazole rings is 1. The van der Waals surface area contributed by atoms with Crippen LogP contribution in [0, 0.1) is 0 Å². The first-order valence-corrected chi connectivity index (χ1v) is 7.34. The Morgan fingerprint density at radius 3 is 2.90 bits per heavy atom. The Balaban J connectivity index is 1.86. The van der Waals surface area contributed by atoms with Crippen molar-refractivity contribution in [2.45, 2.75) is 0 Å². The van der Waals surface area contributed by atoms with Crippen LogP contribution in [0.1, 0.15) is 5.76 Å². The van der Waals surface area contributed by atoms with Crippen LogP contribution in [0.4, 0.5) is 5.13 Å². The minimum absolute atomic E-state index is 0.573. The van der Waals surface area contributed by atoms with Gasteiger partial charge in [0.1, 0.15) is 5.76 Å². The molecule has 2 heterocycles. The first kappa shape index (κ1) is 13.4. The van der Waals surface area contributed by atoms with Gasteiger partial charge in [0.15, 0.2) is 0 Å². The van der Waals surface area contributed by atoms with Crippen LogP contribution in [0.3, 0.4) is 0 Å². The maximum absolute atomic E-state index is 6.16. The van der Waals surface area contributed by atoms with E-state index < -0.39 is 0 Å². The molecule has 0 aliphatic carbocycles. The topological polar surface area (TPSA) is 38.4 Å².